The number of carbonyl (C=O) groups is 3. The van der Waals surface area contributed by atoms with Crippen LogP contribution in [0.2, 0.25) is 0 Å². The van der Waals surface area contributed by atoms with Gasteiger partial charge >= 0.3 is 17.9 Å². The number of unbranched alkanes of at least 4 members (excludes halogenated alkanes) is 35. The number of ether oxygens (including phenoxy) is 3. The van der Waals surface area contributed by atoms with Gasteiger partial charge in [-0.05, 0) is 25.2 Å². The molecule has 0 aliphatic heterocycles. The van der Waals surface area contributed by atoms with Gasteiger partial charge in [-0.3, -0.25) is 14.4 Å². The fraction of sp³-hybridized carbons (Fsp3) is 0.943. The second-order valence-electron chi connectivity index (χ2n) is 18.6. The molecule has 0 amide bonds. The Morgan fingerprint density at radius 3 is 0.831 bits per heavy atom. The molecule has 0 saturated carbocycles. The van der Waals surface area contributed by atoms with Crippen LogP contribution in [0.25, 0.3) is 0 Å². The van der Waals surface area contributed by atoms with Gasteiger partial charge in [0.2, 0.25) is 0 Å². The smallest absolute Gasteiger partial charge is 0.306 e. The van der Waals surface area contributed by atoms with Crippen molar-refractivity contribution in [2.75, 3.05) is 13.2 Å². The summed E-state index contributed by atoms with van der Waals surface area (Å²) in [7, 11) is 0. The van der Waals surface area contributed by atoms with Crippen molar-refractivity contribution in [3.8, 4) is 0 Å². The lowest BCUT2D eigenvalue weighted by Gasteiger charge is -2.18. The summed E-state index contributed by atoms with van der Waals surface area (Å²) in [5.41, 5.74) is 0. The zero-order chi connectivity index (χ0) is 43.1. The Morgan fingerprint density at radius 2 is 0.559 bits per heavy atom. The highest BCUT2D eigenvalue weighted by Crippen LogP contribution is 2.17. The fourth-order valence-corrected chi connectivity index (χ4v) is 8.04. The highest BCUT2D eigenvalue weighted by molar-refractivity contribution is 5.71. The maximum atomic E-state index is 12.8. The van der Waals surface area contributed by atoms with Gasteiger partial charge in [0.15, 0.2) is 6.10 Å². The number of hydrogen-bond acceptors (Lipinski definition) is 6. The Morgan fingerprint density at radius 1 is 0.322 bits per heavy atom. The Balaban J connectivity index is 4.25. The average molecular weight is 835 g/mol. The molecular weight excluding hydrogens is 733 g/mol. The molecular formula is C53H102O6. The SMILES string of the molecule is CCCCCCCCCCCCCCCCCCCCC(=O)OC[C@@H](COC(=O)CCCCCCCCCCCC)OC(=O)CCCCCCCCCCCCC(C)C. The highest BCUT2D eigenvalue weighted by atomic mass is 16.6. The Kier molecular flexibility index (Phi) is 46.2. The van der Waals surface area contributed by atoms with Crippen LogP contribution in [0.4, 0.5) is 0 Å². The van der Waals surface area contributed by atoms with Gasteiger partial charge in [-0.2, -0.15) is 0 Å². The third-order valence-corrected chi connectivity index (χ3v) is 12.0. The van der Waals surface area contributed by atoms with Crippen molar-refractivity contribution in [2.45, 2.75) is 303 Å². The third-order valence-electron chi connectivity index (χ3n) is 12.0. The predicted molar refractivity (Wildman–Crippen MR) is 252 cm³/mol. The molecule has 0 aliphatic rings. The van der Waals surface area contributed by atoms with Crippen molar-refractivity contribution in [1.29, 1.82) is 0 Å². The second-order valence-corrected chi connectivity index (χ2v) is 18.6. The summed E-state index contributed by atoms with van der Waals surface area (Å²) in [5.74, 6) is -0.0295. The summed E-state index contributed by atoms with van der Waals surface area (Å²) in [4.78, 5) is 37.9. The monoisotopic (exact) mass is 835 g/mol. The minimum Gasteiger partial charge on any atom is -0.462 e. The molecule has 0 radical (unpaired) electrons. The normalized spacial score (nSPS) is 11.9. The number of rotatable bonds is 48. The van der Waals surface area contributed by atoms with Crippen molar-refractivity contribution < 1.29 is 28.6 Å². The first kappa shape index (κ1) is 57.4. The summed E-state index contributed by atoms with van der Waals surface area (Å²) in [6.45, 7) is 9.01. The first-order chi connectivity index (χ1) is 28.9. The molecule has 350 valence electrons. The van der Waals surface area contributed by atoms with E-state index in [9.17, 15) is 14.4 Å². The first-order valence-corrected chi connectivity index (χ1v) is 26.4. The lowest BCUT2D eigenvalue weighted by atomic mass is 10.0. The second kappa shape index (κ2) is 47.5. The van der Waals surface area contributed by atoms with E-state index in [-0.39, 0.29) is 31.1 Å². The van der Waals surface area contributed by atoms with Crippen LogP contribution in [0.5, 0.6) is 0 Å². The first-order valence-electron chi connectivity index (χ1n) is 26.4. The quantitative estimate of drug-likeness (QED) is 0.0345. The van der Waals surface area contributed by atoms with Crippen molar-refractivity contribution in [1.82, 2.24) is 0 Å². The van der Waals surface area contributed by atoms with Gasteiger partial charge in [0.1, 0.15) is 13.2 Å². The topological polar surface area (TPSA) is 78.9 Å². The molecule has 0 saturated heterocycles. The van der Waals surface area contributed by atoms with Gasteiger partial charge in [-0.25, -0.2) is 0 Å². The van der Waals surface area contributed by atoms with Crippen molar-refractivity contribution >= 4 is 17.9 Å². The number of hydrogen-bond donors (Lipinski definition) is 0. The zero-order valence-electron chi connectivity index (χ0n) is 40.2. The maximum absolute atomic E-state index is 12.8. The van der Waals surface area contributed by atoms with Crippen molar-refractivity contribution in [3.63, 3.8) is 0 Å². The Labute approximate surface area is 368 Å². The average Bonchev–Trinajstić information content (AvgIpc) is 3.22. The lowest BCUT2D eigenvalue weighted by molar-refractivity contribution is -0.167. The Bertz CT molecular complexity index is 887. The van der Waals surface area contributed by atoms with Gasteiger partial charge in [-0.1, -0.05) is 259 Å². The van der Waals surface area contributed by atoms with Crippen LogP contribution in [-0.2, 0) is 28.6 Å². The summed E-state index contributed by atoms with van der Waals surface area (Å²) < 4.78 is 16.8. The van der Waals surface area contributed by atoms with Crippen molar-refractivity contribution in [2.24, 2.45) is 5.92 Å². The van der Waals surface area contributed by atoms with Gasteiger partial charge in [0.25, 0.3) is 0 Å². The van der Waals surface area contributed by atoms with Gasteiger partial charge in [0.05, 0.1) is 0 Å². The van der Waals surface area contributed by atoms with Crippen molar-refractivity contribution in [3.05, 3.63) is 0 Å². The zero-order valence-corrected chi connectivity index (χ0v) is 40.2. The molecule has 0 aromatic carbocycles. The molecule has 0 rings (SSSR count). The van der Waals surface area contributed by atoms with E-state index in [2.05, 4.69) is 27.7 Å². The van der Waals surface area contributed by atoms with E-state index in [1.807, 2.05) is 0 Å². The molecule has 0 aliphatic carbocycles. The maximum Gasteiger partial charge on any atom is 0.306 e. The van der Waals surface area contributed by atoms with Crippen LogP contribution in [0.3, 0.4) is 0 Å². The van der Waals surface area contributed by atoms with Crippen LogP contribution >= 0.6 is 0 Å². The predicted octanol–water partition coefficient (Wildman–Crippen LogP) is 17.1. The molecule has 0 aromatic heterocycles. The molecule has 1 atom stereocenters. The summed E-state index contributed by atoms with van der Waals surface area (Å²) in [6, 6.07) is 0. The largest absolute Gasteiger partial charge is 0.462 e. The minimum atomic E-state index is -0.760. The van der Waals surface area contributed by atoms with Crippen LogP contribution in [0, 0.1) is 5.92 Å². The van der Waals surface area contributed by atoms with E-state index >= 15 is 0 Å². The Hall–Kier alpha value is -1.59. The molecule has 6 heteroatoms. The molecule has 0 aromatic rings. The van der Waals surface area contributed by atoms with E-state index in [4.69, 9.17) is 14.2 Å². The number of esters is 3. The minimum absolute atomic E-state index is 0.0629. The van der Waals surface area contributed by atoms with Crippen LogP contribution in [0.1, 0.15) is 297 Å². The summed E-state index contributed by atoms with van der Waals surface area (Å²) in [6.07, 6.45) is 49.5. The molecule has 0 N–H and O–H groups in total. The van der Waals surface area contributed by atoms with Crippen LogP contribution in [-0.4, -0.2) is 37.2 Å². The van der Waals surface area contributed by atoms with Gasteiger partial charge in [-0.15, -0.1) is 0 Å². The van der Waals surface area contributed by atoms with Gasteiger partial charge < -0.3 is 14.2 Å². The van der Waals surface area contributed by atoms with Crippen LogP contribution < -0.4 is 0 Å². The molecule has 0 fully saturated rings. The molecule has 0 bridgehead atoms. The summed E-state index contributed by atoms with van der Waals surface area (Å²) >= 11 is 0. The summed E-state index contributed by atoms with van der Waals surface area (Å²) in [5, 5.41) is 0. The fourth-order valence-electron chi connectivity index (χ4n) is 8.04. The molecule has 6 nitrogen and oxygen atoms in total. The van der Waals surface area contributed by atoms with Gasteiger partial charge in [0, 0.05) is 19.3 Å². The molecule has 59 heavy (non-hydrogen) atoms. The van der Waals surface area contributed by atoms with E-state index in [1.54, 1.807) is 0 Å². The third kappa shape index (κ3) is 47.3. The van der Waals surface area contributed by atoms with E-state index in [0.29, 0.717) is 19.3 Å². The highest BCUT2D eigenvalue weighted by Gasteiger charge is 2.19. The van der Waals surface area contributed by atoms with E-state index < -0.39 is 6.10 Å². The standard InChI is InChI=1S/C53H102O6/c1-5-7-9-11-13-15-17-18-19-20-21-22-23-24-29-33-37-41-45-52(55)58-48-50(47-57-51(54)44-40-36-32-28-16-14-12-10-8-6-2)59-53(56)46-42-38-34-30-26-25-27-31-35-39-43-49(3)4/h49-50H,5-48H2,1-4H3/t50-/m1/s1. The number of carbonyl (C=O) groups excluding carboxylic acids is 3. The molecule has 0 heterocycles. The van der Waals surface area contributed by atoms with E-state index in [0.717, 1.165) is 63.7 Å². The lowest BCUT2D eigenvalue weighted by Crippen LogP contribution is -2.30. The van der Waals surface area contributed by atoms with Crippen LogP contribution in [0.15, 0.2) is 0 Å². The molecule has 0 spiro atoms. The van der Waals surface area contributed by atoms with E-state index in [1.165, 1.54) is 193 Å². The molecule has 0 unspecified atom stereocenters.